The van der Waals surface area contributed by atoms with Crippen molar-refractivity contribution in [2.75, 3.05) is 32.7 Å². The highest BCUT2D eigenvalue weighted by molar-refractivity contribution is 5.82. The van der Waals surface area contributed by atoms with E-state index in [1.807, 2.05) is 0 Å². The molecule has 3 N–H and O–H groups in total. The van der Waals surface area contributed by atoms with Crippen molar-refractivity contribution < 1.29 is 14.6 Å². The molecule has 0 aromatic carbocycles. The fourth-order valence-electron chi connectivity index (χ4n) is 3.02. The van der Waals surface area contributed by atoms with Crippen LogP contribution < -0.4 is 10.6 Å². The van der Waals surface area contributed by atoms with Crippen molar-refractivity contribution in [1.82, 2.24) is 15.5 Å². The quantitative estimate of drug-likeness (QED) is 0.584. The van der Waals surface area contributed by atoms with E-state index in [9.17, 15) is 9.90 Å². The summed E-state index contributed by atoms with van der Waals surface area (Å²) < 4.78 is 5.70. The lowest BCUT2D eigenvalue weighted by molar-refractivity contribution is -0.123. The third kappa shape index (κ3) is 4.70. The summed E-state index contributed by atoms with van der Waals surface area (Å²) in [4.78, 5) is 14.2. The molecule has 0 radical (unpaired) electrons. The molecular formula is C14H27N3O3. The number of carbonyl (C=O) groups is 1. The number of nitrogens with one attached hydrogen (secondary N) is 2. The van der Waals surface area contributed by atoms with Gasteiger partial charge in [0.25, 0.3) is 0 Å². The van der Waals surface area contributed by atoms with Crippen LogP contribution in [0.5, 0.6) is 0 Å². The molecular weight excluding hydrogens is 258 g/mol. The Balaban J connectivity index is 1.58. The van der Waals surface area contributed by atoms with Crippen LogP contribution >= 0.6 is 0 Å². The fraction of sp³-hybridized carbons (Fsp3) is 0.929. The first-order valence-corrected chi connectivity index (χ1v) is 7.61. The maximum atomic E-state index is 11.8. The predicted molar refractivity (Wildman–Crippen MR) is 76.5 cm³/mol. The Kier molecular flexibility index (Phi) is 5.77. The van der Waals surface area contributed by atoms with Gasteiger partial charge in [-0.15, -0.1) is 0 Å². The zero-order chi connectivity index (χ0) is 14.5. The van der Waals surface area contributed by atoms with Gasteiger partial charge in [-0.2, -0.15) is 0 Å². The summed E-state index contributed by atoms with van der Waals surface area (Å²) in [5.74, 6) is 0.00487. The summed E-state index contributed by atoms with van der Waals surface area (Å²) >= 11 is 0. The summed E-state index contributed by atoms with van der Waals surface area (Å²) in [6.45, 7) is 8.32. The van der Waals surface area contributed by atoms with Crippen molar-refractivity contribution >= 4 is 5.91 Å². The van der Waals surface area contributed by atoms with Crippen molar-refractivity contribution in [3.8, 4) is 0 Å². The normalized spacial score (nSPS) is 35.1. The van der Waals surface area contributed by atoms with Gasteiger partial charge in [0.2, 0.25) is 5.91 Å². The van der Waals surface area contributed by atoms with Gasteiger partial charge in [0.15, 0.2) is 0 Å². The van der Waals surface area contributed by atoms with Gasteiger partial charge >= 0.3 is 0 Å². The first kappa shape index (κ1) is 15.7. The molecule has 2 aliphatic rings. The molecule has 0 bridgehead atoms. The number of carbonyl (C=O) groups excluding carboxylic acids is 1. The van der Waals surface area contributed by atoms with Crippen molar-refractivity contribution in [2.24, 2.45) is 0 Å². The molecule has 4 atom stereocenters. The smallest absolute Gasteiger partial charge is 0.237 e. The average molecular weight is 285 g/mol. The minimum absolute atomic E-state index is 0.00487. The van der Waals surface area contributed by atoms with Crippen LogP contribution in [-0.2, 0) is 9.53 Å². The van der Waals surface area contributed by atoms with E-state index in [0.717, 1.165) is 26.1 Å². The largest absolute Gasteiger partial charge is 0.392 e. The maximum Gasteiger partial charge on any atom is 0.237 e. The minimum atomic E-state index is -0.387. The highest BCUT2D eigenvalue weighted by Crippen LogP contribution is 2.10. The van der Waals surface area contributed by atoms with Gasteiger partial charge < -0.3 is 20.5 Å². The summed E-state index contributed by atoms with van der Waals surface area (Å²) in [6, 6.07) is -0.228. The van der Waals surface area contributed by atoms with Crippen molar-refractivity contribution in [2.45, 2.75) is 51.0 Å². The lowest BCUT2D eigenvalue weighted by Gasteiger charge is -2.35. The van der Waals surface area contributed by atoms with E-state index in [4.69, 9.17) is 4.74 Å². The minimum Gasteiger partial charge on any atom is -0.392 e. The topological polar surface area (TPSA) is 73.8 Å². The van der Waals surface area contributed by atoms with Crippen LogP contribution in [0.1, 0.15) is 26.7 Å². The number of amides is 1. The van der Waals surface area contributed by atoms with Crippen LogP contribution in [0.3, 0.4) is 0 Å². The van der Waals surface area contributed by atoms with Crippen LogP contribution in [0, 0.1) is 0 Å². The van der Waals surface area contributed by atoms with Crippen LogP contribution in [0.4, 0.5) is 0 Å². The third-order valence-electron chi connectivity index (χ3n) is 3.87. The van der Waals surface area contributed by atoms with Gasteiger partial charge in [0.1, 0.15) is 0 Å². The first-order valence-electron chi connectivity index (χ1n) is 7.61. The van der Waals surface area contributed by atoms with Gasteiger partial charge in [-0.1, -0.05) is 0 Å². The van der Waals surface area contributed by atoms with E-state index in [2.05, 4.69) is 29.4 Å². The fourth-order valence-corrected chi connectivity index (χ4v) is 3.02. The molecule has 0 aliphatic carbocycles. The Labute approximate surface area is 120 Å². The third-order valence-corrected chi connectivity index (χ3v) is 3.87. The molecule has 0 aromatic rings. The number of hydrogen-bond donors (Lipinski definition) is 3. The molecule has 1 amide bonds. The first-order chi connectivity index (χ1) is 9.54. The SMILES string of the molecule is CC1CN(CCCNC(=O)C2CC(O)CN2)CC(C)O1. The number of morpholine rings is 1. The Morgan fingerprint density at radius 3 is 2.70 bits per heavy atom. The Morgan fingerprint density at radius 2 is 2.10 bits per heavy atom. The summed E-state index contributed by atoms with van der Waals surface area (Å²) in [6.07, 6.45) is 1.65. The van der Waals surface area contributed by atoms with Crippen molar-refractivity contribution in [3.63, 3.8) is 0 Å². The second-order valence-electron chi connectivity index (χ2n) is 6.01. The van der Waals surface area contributed by atoms with Crippen LogP contribution in [-0.4, -0.2) is 73.0 Å². The predicted octanol–water partition coefficient (Wildman–Crippen LogP) is -0.675. The number of aliphatic hydroxyl groups is 1. The van der Waals surface area contributed by atoms with Gasteiger partial charge in [0.05, 0.1) is 24.4 Å². The second kappa shape index (κ2) is 7.36. The Morgan fingerprint density at radius 1 is 1.40 bits per heavy atom. The lowest BCUT2D eigenvalue weighted by atomic mass is 10.2. The van der Waals surface area contributed by atoms with Crippen LogP contribution in [0.15, 0.2) is 0 Å². The average Bonchev–Trinajstić information content (AvgIpc) is 2.80. The number of β-amino-alcohol motifs (C(OH)–C–C–N with tert-alkyl or cyclic N) is 1. The van der Waals surface area contributed by atoms with E-state index >= 15 is 0 Å². The van der Waals surface area contributed by atoms with E-state index in [1.54, 1.807) is 0 Å². The van der Waals surface area contributed by atoms with Crippen molar-refractivity contribution in [3.05, 3.63) is 0 Å². The van der Waals surface area contributed by atoms with E-state index in [1.165, 1.54) is 0 Å². The number of aliphatic hydroxyl groups excluding tert-OH is 1. The monoisotopic (exact) mass is 285 g/mol. The molecule has 0 aromatic heterocycles. The maximum absolute atomic E-state index is 11.8. The zero-order valence-electron chi connectivity index (χ0n) is 12.5. The molecule has 6 heteroatoms. The van der Waals surface area contributed by atoms with E-state index < -0.39 is 0 Å². The number of rotatable bonds is 5. The van der Waals surface area contributed by atoms with E-state index in [-0.39, 0.29) is 30.3 Å². The van der Waals surface area contributed by atoms with Crippen LogP contribution in [0.25, 0.3) is 0 Å². The molecule has 2 aliphatic heterocycles. The zero-order valence-corrected chi connectivity index (χ0v) is 12.5. The summed E-state index contributed by atoms with van der Waals surface area (Å²) in [7, 11) is 0. The van der Waals surface area contributed by atoms with Gasteiger partial charge in [-0.05, 0) is 26.7 Å². The number of nitrogens with zero attached hydrogens (tertiary/aromatic N) is 1. The van der Waals surface area contributed by atoms with Crippen molar-refractivity contribution in [1.29, 1.82) is 0 Å². The summed E-state index contributed by atoms with van der Waals surface area (Å²) in [5, 5.41) is 15.3. The molecule has 2 fully saturated rings. The molecule has 116 valence electrons. The molecule has 0 saturated carbocycles. The molecule has 6 nitrogen and oxygen atoms in total. The van der Waals surface area contributed by atoms with E-state index in [0.29, 0.717) is 19.5 Å². The molecule has 2 heterocycles. The number of hydrogen-bond acceptors (Lipinski definition) is 5. The Bertz CT molecular complexity index is 317. The van der Waals surface area contributed by atoms with Gasteiger partial charge in [0, 0.05) is 32.7 Å². The highest BCUT2D eigenvalue weighted by Gasteiger charge is 2.27. The molecule has 2 rings (SSSR count). The number of ether oxygens (including phenoxy) is 1. The van der Waals surface area contributed by atoms with Gasteiger partial charge in [-0.3, -0.25) is 9.69 Å². The standard InChI is InChI=1S/C14H27N3O3/c1-10-8-17(9-11(2)20-10)5-3-4-15-14(19)13-6-12(18)7-16-13/h10-13,16,18H,3-9H2,1-2H3,(H,15,19). The lowest BCUT2D eigenvalue weighted by Crippen LogP contribution is -2.46. The second-order valence-corrected chi connectivity index (χ2v) is 6.01. The Hall–Kier alpha value is -0.690. The van der Waals surface area contributed by atoms with Crippen LogP contribution in [0.2, 0.25) is 0 Å². The highest BCUT2D eigenvalue weighted by atomic mass is 16.5. The molecule has 2 saturated heterocycles. The molecule has 4 unspecified atom stereocenters. The summed E-state index contributed by atoms with van der Waals surface area (Å²) in [5.41, 5.74) is 0. The molecule has 20 heavy (non-hydrogen) atoms. The van der Waals surface area contributed by atoms with Gasteiger partial charge in [-0.25, -0.2) is 0 Å². The molecule has 0 spiro atoms.